The van der Waals surface area contributed by atoms with Gasteiger partial charge in [-0.3, -0.25) is 0 Å². The fourth-order valence-electron chi connectivity index (χ4n) is 3.72. The predicted octanol–water partition coefficient (Wildman–Crippen LogP) is 4.52. The third-order valence-electron chi connectivity index (χ3n) is 5.49. The van der Waals surface area contributed by atoms with Crippen molar-refractivity contribution in [2.75, 3.05) is 7.05 Å². The minimum Gasteiger partial charge on any atom is -0.375 e. The molecule has 2 nitrogen and oxygen atoms in total. The van der Waals surface area contributed by atoms with Gasteiger partial charge in [-0.15, -0.1) is 0 Å². The zero-order valence-corrected chi connectivity index (χ0v) is 14.4. The van der Waals surface area contributed by atoms with Crippen molar-refractivity contribution in [3.63, 3.8) is 0 Å². The monoisotopic (exact) mass is 289 g/mol. The molecule has 0 aromatic heterocycles. The van der Waals surface area contributed by atoms with Crippen LogP contribution in [0, 0.1) is 11.8 Å². The molecule has 1 aromatic rings. The van der Waals surface area contributed by atoms with Crippen LogP contribution in [0.4, 0.5) is 0 Å². The van der Waals surface area contributed by atoms with Crippen LogP contribution in [-0.2, 0) is 4.74 Å². The van der Waals surface area contributed by atoms with Gasteiger partial charge >= 0.3 is 0 Å². The van der Waals surface area contributed by atoms with E-state index in [0.717, 1.165) is 0 Å². The third-order valence-corrected chi connectivity index (χ3v) is 5.49. The van der Waals surface area contributed by atoms with E-state index in [1.807, 2.05) is 0 Å². The second kappa shape index (κ2) is 6.93. The fraction of sp³-hybridized carbons (Fsp3) is 0.684. The number of benzene rings is 1. The zero-order chi connectivity index (χ0) is 15.6. The number of rotatable bonds is 5. The summed E-state index contributed by atoms with van der Waals surface area (Å²) in [6.45, 7) is 11.3. The summed E-state index contributed by atoms with van der Waals surface area (Å²) in [6.07, 6.45) is 1.85. The minimum atomic E-state index is 0.307. The lowest BCUT2D eigenvalue weighted by Crippen LogP contribution is -2.33. The Labute approximate surface area is 130 Å². The SMILES string of the molecule is CCC(C)c1ccc(C(NC)C2C(C)OC(C)C2C)cc1. The second-order valence-corrected chi connectivity index (χ2v) is 6.73. The van der Waals surface area contributed by atoms with Gasteiger partial charge < -0.3 is 10.1 Å². The van der Waals surface area contributed by atoms with Gasteiger partial charge in [-0.25, -0.2) is 0 Å². The molecule has 0 amide bonds. The summed E-state index contributed by atoms with van der Waals surface area (Å²) in [4.78, 5) is 0. The minimum absolute atomic E-state index is 0.307. The van der Waals surface area contributed by atoms with Crippen molar-refractivity contribution in [1.82, 2.24) is 5.32 Å². The molecule has 0 radical (unpaired) electrons. The Bertz CT molecular complexity index is 441. The summed E-state index contributed by atoms with van der Waals surface area (Å²) >= 11 is 0. The molecular weight excluding hydrogens is 258 g/mol. The molecule has 1 aliphatic heterocycles. The highest BCUT2D eigenvalue weighted by atomic mass is 16.5. The summed E-state index contributed by atoms with van der Waals surface area (Å²) in [5.74, 6) is 1.74. The standard InChI is InChI=1S/C19H31NO/c1-7-12(2)16-8-10-17(11-9-16)19(20-6)18-13(3)14(4)21-15(18)5/h8-15,18-20H,7H2,1-6H3. The van der Waals surface area contributed by atoms with Crippen molar-refractivity contribution in [1.29, 1.82) is 0 Å². The van der Waals surface area contributed by atoms with Crippen LogP contribution < -0.4 is 5.32 Å². The van der Waals surface area contributed by atoms with Crippen LogP contribution >= 0.6 is 0 Å². The number of ether oxygens (including phenoxy) is 1. The van der Waals surface area contributed by atoms with Crippen molar-refractivity contribution >= 4 is 0 Å². The zero-order valence-electron chi connectivity index (χ0n) is 14.4. The second-order valence-electron chi connectivity index (χ2n) is 6.73. The largest absolute Gasteiger partial charge is 0.375 e. The lowest BCUT2D eigenvalue weighted by Gasteiger charge is -2.29. The first-order chi connectivity index (χ1) is 9.99. The Hall–Kier alpha value is -0.860. The van der Waals surface area contributed by atoms with Gasteiger partial charge in [0, 0.05) is 12.0 Å². The molecule has 21 heavy (non-hydrogen) atoms. The smallest absolute Gasteiger partial charge is 0.0600 e. The first-order valence-corrected chi connectivity index (χ1v) is 8.42. The Kier molecular flexibility index (Phi) is 5.45. The van der Waals surface area contributed by atoms with E-state index in [-0.39, 0.29) is 0 Å². The summed E-state index contributed by atoms with van der Waals surface area (Å²) in [5, 5.41) is 3.52. The molecule has 1 fully saturated rings. The highest BCUT2D eigenvalue weighted by Gasteiger charge is 2.41. The van der Waals surface area contributed by atoms with Crippen LogP contribution in [0.1, 0.15) is 64.1 Å². The molecule has 2 heteroatoms. The topological polar surface area (TPSA) is 21.3 Å². The van der Waals surface area contributed by atoms with Gasteiger partial charge in [0.05, 0.1) is 12.2 Å². The Morgan fingerprint density at radius 3 is 2.05 bits per heavy atom. The first kappa shape index (κ1) is 16.5. The van der Waals surface area contributed by atoms with Crippen LogP contribution in [0.15, 0.2) is 24.3 Å². The average Bonchev–Trinajstić information content (AvgIpc) is 2.74. The molecule has 1 aliphatic rings. The average molecular weight is 289 g/mol. The van der Waals surface area contributed by atoms with Crippen molar-refractivity contribution in [3.05, 3.63) is 35.4 Å². The van der Waals surface area contributed by atoms with Crippen LogP contribution in [0.25, 0.3) is 0 Å². The lowest BCUT2D eigenvalue weighted by molar-refractivity contribution is 0.0478. The van der Waals surface area contributed by atoms with Crippen LogP contribution in [-0.4, -0.2) is 19.3 Å². The lowest BCUT2D eigenvalue weighted by atomic mass is 9.80. The molecule has 0 aliphatic carbocycles. The predicted molar refractivity (Wildman–Crippen MR) is 89.6 cm³/mol. The maximum Gasteiger partial charge on any atom is 0.0600 e. The van der Waals surface area contributed by atoms with Gasteiger partial charge in [0.25, 0.3) is 0 Å². The Balaban J connectivity index is 2.21. The maximum absolute atomic E-state index is 6.03. The highest BCUT2D eigenvalue weighted by Crippen LogP contribution is 2.40. The van der Waals surface area contributed by atoms with Crippen molar-refractivity contribution in [2.45, 2.75) is 65.2 Å². The molecule has 1 heterocycles. The molecule has 0 bridgehead atoms. The van der Waals surface area contributed by atoms with Gasteiger partial charge in [0.2, 0.25) is 0 Å². The summed E-state index contributed by atoms with van der Waals surface area (Å²) in [7, 11) is 2.07. The molecule has 118 valence electrons. The van der Waals surface area contributed by atoms with Crippen LogP contribution in [0.3, 0.4) is 0 Å². The molecule has 2 rings (SSSR count). The van der Waals surface area contributed by atoms with E-state index in [1.165, 1.54) is 17.5 Å². The molecular formula is C19H31NO. The van der Waals surface area contributed by atoms with Gasteiger partial charge in [-0.1, -0.05) is 45.0 Å². The highest BCUT2D eigenvalue weighted by molar-refractivity contribution is 5.28. The number of nitrogens with one attached hydrogen (secondary N) is 1. The van der Waals surface area contributed by atoms with E-state index >= 15 is 0 Å². The van der Waals surface area contributed by atoms with Gasteiger partial charge in [0.1, 0.15) is 0 Å². The summed E-state index contributed by atoms with van der Waals surface area (Å²) in [6, 6.07) is 9.55. The molecule has 1 saturated heterocycles. The van der Waals surface area contributed by atoms with E-state index < -0.39 is 0 Å². The summed E-state index contributed by atoms with van der Waals surface area (Å²) < 4.78 is 6.03. The summed E-state index contributed by atoms with van der Waals surface area (Å²) in [5.41, 5.74) is 2.82. The maximum atomic E-state index is 6.03. The van der Waals surface area contributed by atoms with Crippen LogP contribution in [0.2, 0.25) is 0 Å². The van der Waals surface area contributed by atoms with Gasteiger partial charge in [-0.2, -0.15) is 0 Å². The van der Waals surface area contributed by atoms with E-state index in [1.54, 1.807) is 0 Å². The van der Waals surface area contributed by atoms with Crippen molar-refractivity contribution in [3.8, 4) is 0 Å². The third kappa shape index (κ3) is 3.32. The molecule has 1 N–H and O–H groups in total. The number of hydrogen-bond donors (Lipinski definition) is 1. The fourth-order valence-corrected chi connectivity index (χ4v) is 3.72. The quantitative estimate of drug-likeness (QED) is 0.860. The van der Waals surface area contributed by atoms with E-state index in [2.05, 4.69) is 71.2 Å². The molecule has 6 atom stereocenters. The Morgan fingerprint density at radius 2 is 1.62 bits per heavy atom. The van der Waals surface area contributed by atoms with E-state index in [9.17, 15) is 0 Å². The van der Waals surface area contributed by atoms with Crippen molar-refractivity contribution in [2.24, 2.45) is 11.8 Å². The molecule has 6 unspecified atom stereocenters. The molecule has 1 aromatic carbocycles. The molecule has 0 saturated carbocycles. The first-order valence-electron chi connectivity index (χ1n) is 8.42. The van der Waals surface area contributed by atoms with Crippen LogP contribution in [0.5, 0.6) is 0 Å². The van der Waals surface area contributed by atoms with Gasteiger partial charge in [0.15, 0.2) is 0 Å². The van der Waals surface area contributed by atoms with Crippen molar-refractivity contribution < 1.29 is 4.74 Å². The Morgan fingerprint density at radius 1 is 1.05 bits per heavy atom. The normalized spacial score (nSPS) is 32.1. The van der Waals surface area contributed by atoms with Gasteiger partial charge in [-0.05, 0) is 50.3 Å². The van der Waals surface area contributed by atoms with E-state index in [0.29, 0.717) is 36.0 Å². The molecule has 0 spiro atoms. The van der Waals surface area contributed by atoms with E-state index in [4.69, 9.17) is 4.74 Å². The number of hydrogen-bond acceptors (Lipinski definition) is 2.